The molecular formula is C21H22FN3O4S. The second-order valence-corrected chi connectivity index (χ2v) is 8.60. The topological polar surface area (TPSA) is 108 Å². The zero-order chi connectivity index (χ0) is 21.7. The SMILES string of the molecule is CCCS(=O)(=O)Nc1cc(F)cc(C(=O)c2ccc3ncc(NCCO)cc3c2)c1. The number of halogens is 1. The van der Waals surface area contributed by atoms with E-state index in [9.17, 15) is 17.6 Å². The minimum Gasteiger partial charge on any atom is -0.395 e. The molecule has 1 aromatic heterocycles. The molecule has 3 aromatic rings. The lowest BCUT2D eigenvalue weighted by Gasteiger charge is -2.10. The lowest BCUT2D eigenvalue weighted by Crippen LogP contribution is -2.16. The van der Waals surface area contributed by atoms with Crippen molar-refractivity contribution in [2.24, 2.45) is 0 Å². The molecule has 0 aliphatic rings. The van der Waals surface area contributed by atoms with Crippen molar-refractivity contribution < 1.29 is 22.7 Å². The maximum atomic E-state index is 14.1. The number of anilines is 2. The first-order valence-electron chi connectivity index (χ1n) is 9.41. The van der Waals surface area contributed by atoms with Crippen molar-refractivity contribution in [2.45, 2.75) is 13.3 Å². The molecule has 30 heavy (non-hydrogen) atoms. The number of ketones is 1. The van der Waals surface area contributed by atoms with Gasteiger partial charge in [0.2, 0.25) is 10.0 Å². The molecule has 0 aliphatic heterocycles. The van der Waals surface area contributed by atoms with Gasteiger partial charge in [-0.15, -0.1) is 0 Å². The number of hydrogen-bond donors (Lipinski definition) is 3. The molecule has 3 rings (SSSR count). The molecule has 0 amide bonds. The molecule has 0 aliphatic carbocycles. The number of rotatable bonds is 9. The third-order valence-electron chi connectivity index (χ3n) is 4.29. The highest BCUT2D eigenvalue weighted by Gasteiger charge is 2.15. The molecule has 9 heteroatoms. The molecule has 7 nitrogen and oxygen atoms in total. The smallest absolute Gasteiger partial charge is 0.232 e. The van der Waals surface area contributed by atoms with E-state index < -0.39 is 21.6 Å². The Balaban J connectivity index is 1.92. The Bertz CT molecular complexity index is 1180. The van der Waals surface area contributed by atoms with Crippen LogP contribution < -0.4 is 10.0 Å². The number of aromatic nitrogens is 1. The van der Waals surface area contributed by atoms with Crippen molar-refractivity contribution in [3.63, 3.8) is 0 Å². The Morgan fingerprint density at radius 3 is 2.63 bits per heavy atom. The van der Waals surface area contributed by atoms with Gasteiger partial charge in [-0.05, 0) is 48.9 Å². The average Bonchev–Trinajstić information content (AvgIpc) is 2.70. The molecule has 0 fully saturated rings. The highest BCUT2D eigenvalue weighted by Crippen LogP contribution is 2.22. The second kappa shape index (κ2) is 9.19. The van der Waals surface area contributed by atoms with Crippen LogP contribution in [-0.2, 0) is 10.0 Å². The number of carbonyl (C=O) groups is 1. The molecule has 0 atom stereocenters. The van der Waals surface area contributed by atoms with Crippen LogP contribution in [0.4, 0.5) is 15.8 Å². The summed E-state index contributed by atoms with van der Waals surface area (Å²) in [6.07, 6.45) is 2.04. The third kappa shape index (κ3) is 5.31. The van der Waals surface area contributed by atoms with E-state index in [0.717, 1.165) is 12.1 Å². The van der Waals surface area contributed by atoms with Gasteiger partial charge < -0.3 is 10.4 Å². The van der Waals surface area contributed by atoms with Crippen LogP contribution >= 0.6 is 0 Å². The van der Waals surface area contributed by atoms with Crippen LogP contribution in [0.15, 0.2) is 48.7 Å². The molecule has 0 spiro atoms. The number of aliphatic hydroxyl groups is 1. The summed E-state index contributed by atoms with van der Waals surface area (Å²) in [5.74, 6) is -1.26. The number of aliphatic hydroxyl groups excluding tert-OH is 1. The normalized spacial score (nSPS) is 11.4. The second-order valence-electron chi connectivity index (χ2n) is 6.76. The van der Waals surface area contributed by atoms with Crippen molar-refractivity contribution >= 4 is 38.1 Å². The fourth-order valence-corrected chi connectivity index (χ4v) is 4.13. The van der Waals surface area contributed by atoms with Crippen LogP contribution in [0.2, 0.25) is 0 Å². The van der Waals surface area contributed by atoms with E-state index >= 15 is 0 Å². The number of hydrogen-bond acceptors (Lipinski definition) is 6. The van der Waals surface area contributed by atoms with E-state index in [4.69, 9.17) is 5.11 Å². The Labute approximate surface area is 174 Å². The van der Waals surface area contributed by atoms with Crippen molar-refractivity contribution in [1.29, 1.82) is 0 Å². The molecule has 3 N–H and O–H groups in total. The van der Waals surface area contributed by atoms with E-state index in [0.29, 0.717) is 35.1 Å². The van der Waals surface area contributed by atoms with Gasteiger partial charge in [-0.2, -0.15) is 0 Å². The number of nitrogens with one attached hydrogen (secondary N) is 2. The summed E-state index contributed by atoms with van der Waals surface area (Å²) in [6, 6.07) is 10.1. The summed E-state index contributed by atoms with van der Waals surface area (Å²) in [6.45, 7) is 2.06. The predicted molar refractivity (Wildman–Crippen MR) is 115 cm³/mol. The minimum absolute atomic E-state index is 0.00439. The summed E-state index contributed by atoms with van der Waals surface area (Å²) in [4.78, 5) is 17.2. The average molecular weight is 431 g/mol. The molecule has 0 bridgehead atoms. The summed E-state index contributed by atoms with van der Waals surface area (Å²) >= 11 is 0. The van der Waals surface area contributed by atoms with Crippen LogP contribution in [0.3, 0.4) is 0 Å². The van der Waals surface area contributed by atoms with Gasteiger partial charge in [-0.3, -0.25) is 14.5 Å². The Hall–Kier alpha value is -3.04. The summed E-state index contributed by atoms with van der Waals surface area (Å²) < 4.78 is 40.3. The largest absolute Gasteiger partial charge is 0.395 e. The molecule has 0 unspecified atom stereocenters. The lowest BCUT2D eigenvalue weighted by molar-refractivity contribution is 0.103. The van der Waals surface area contributed by atoms with Gasteiger partial charge in [0.1, 0.15) is 5.82 Å². The first-order chi connectivity index (χ1) is 14.3. The Morgan fingerprint density at radius 1 is 1.10 bits per heavy atom. The minimum atomic E-state index is -3.61. The van der Waals surface area contributed by atoms with Gasteiger partial charge in [0.25, 0.3) is 0 Å². The third-order valence-corrected chi connectivity index (χ3v) is 5.78. The van der Waals surface area contributed by atoms with Gasteiger partial charge in [-0.1, -0.05) is 6.92 Å². The number of fused-ring (bicyclic) bond motifs is 1. The van der Waals surface area contributed by atoms with Crippen LogP contribution in [-0.4, -0.2) is 43.2 Å². The predicted octanol–water partition coefficient (Wildman–Crippen LogP) is 3.16. The van der Waals surface area contributed by atoms with E-state index in [1.54, 1.807) is 37.4 Å². The standard InChI is InChI=1S/C21H22FN3O4S/c1-2-7-30(28,29)25-18-11-16(9-17(22)12-18)21(27)14-3-4-20-15(8-14)10-19(13-24-20)23-5-6-26/h3-4,8-13,23,25-26H,2,5-7H2,1H3. The molecule has 0 saturated heterocycles. The quantitative estimate of drug-likeness (QED) is 0.449. The zero-order valence-corrected chi connectivity index (χ0v) is 17.2. The highest BCUT2D eigenvalue weighted by molar-refractivity contribution is 7.92. The Morgan fingerprint density at radius 2 is 1.90 bits per heavy atom. The molecule has 0 saturated carbocycles. The van der Waals surface area contributed by atoms with Crippen molar-refractivity contribution in [2.75, 3.05) is 28.9 Å². The van der Waals surface area contributed by atoms with Gasteiger partial charge in [0.05, 0.1) is 35.4 Å². The number of carbonyl (C=O) groups excluding carboxylic acids is 1. The van der Waals surface area contributed by atoms with Crippen molar-refractivity contribution in [3.05, 3.63) is 65.6 Å². The first-order valence-corrected chi connectivity index (χ1v) is 11.1. The van der Waals surface area contributed by atoms with Crippen LogP contribution in [0.25, 0.3) is 10.9 Å². The lowest BCUT2D eigenvalue weighted by atomic mass is 10.0. The summed E-state index contributed by atoms with van der Waals surface area (Å²) in [5.41, 5.74) is 1.72. The number of nitrogens with zero attached hydrogens (tertiary/aromatic N) is 1. The van der Waals surface area contributed by atoms with E-state index in [1.165, 1.54) is 6.07 Å². The fraction of sp³-hybridized carbons (Fsp3) is 0.238. The highest BCUT2D eigenvalue weighted by atomic mass is 32.2. The van der Waals surface area contributed by atoms with Crippen molar-refractivity contribution in [1.82, 2.24) is 4.98 Å². The Kier molecular flexibility index (Phi) is 6.63. The molecule has 1 heterocycles. The molecule has 158 valence electrons. The first kappa shape index (κ1) is 21.7. The van der Waals surface area contributed by atoms with Gasteiger partial charge in [-0.25, -0.2) is 12.8 Å². The number of sulfonamides is 1. The van der Waals surface area contributed by atoms with Crippen molar-refractivity contribution in [3.8, 4) is 0 Å². The molecule has 0 radical (unpaired) electrons. The van der Waals surface area contributed by atoms with Crippen LogP contribution in [0, 0.1) is 5.82 Å². The zero-order valence-electron chi connectivity index (χ0n) is 16.4. The maximum Gasteiger partial charge on any atom is 0.232 e. The van der Waals surface area contributed by atoms with E-state index in [2.05, 4.69) is 15.0 Å². The fourth-order valence-electron chi connectivity index (χ4n) is 3.02. The summed E-state index contributed by atoms with van der Waals surface area (Å²) in [7, 11) is -3.61. The van der Waals surface area contributed by atoms with Crippen LogP contribution in [0.5, 0.6) is 0 Å². The number of pyridine rings is 1. The molecular weight excluding hydrogens is 409 g/mol. The van der Waals surface area contributed by atoms with Gasteiger partial charge in [0.15, 0.2) is 5.78 Å². The maximum absolute atomic E-state index is 14.1. The van der Waals surface area contributed by atoms with E-state index in [1.807, 2.05) is 0 Å². The van der Waals surface area contributed by atoms with Gasteiger partial charge in [0, 0.05) is 23.1 Å². The van der Waals surface area contributed by atoms with E-state index in [-0.39, 0.29) is 23.6 Å². The molecule has 2 aromatic carbocycles. The van der Waals surface area contributed by atoms with Gasteiger partial charge >= 0.3 is 0 Å². The van der Waals surface area contributed by atoms with Crippen LogP contribution in [0.1, 0.15) is 29.3 Å². The number of benzene rings is 2. The monoisotopic (exact) mass is 431 g/mol. The summed E-state index contributed by atoms with van der Waals surface area (Å²) in [5, 5.41) is 12.6.